The SMILES string of the molecule is CC[C@@H]1[C@H](F)C(=O)N[C@@H]1CCOc1ncc(C#CCN(C)S)c2cc(C(N)=O)c(OC)cc12. The van der Waals surface area contributed by atoms with Gasteiger partial charge in [0.05, 0.1) is 31.4 Å². The third kappa shape index (κ3) is 5.49. The van der Waals surface area contributed by atoms with Crippen molar-refractivity contribution in [2.75, 3.05) is 27.3 Å². The molecule has 2 heterocycles. The molecule has 0 bridgehead atoms. The summed E-state index contributed by atoms with van der Waals surface area (Å²) in [6.45, 7) is 2.49. The fourth-order valence-corrected chi connectivity index (χ4v) is 3.97. The minimum Gasteiger partial charge on any atom is -0.496 e. The second-order valence-corrected chi connectivity index (χ2v) is 8.47. The van der Waals surface area contributed by atoms with Crippen LogP contribution in [0.2, 0.25) is 0 Å². The van der Waals surface area contributed by atoms with Crippen molar-refractivity contribution in [3.63, 3.8) is 0 Å². The molecule has 2 aromatic rings. The average molecular weight is 475 g/mol. The number of halogens is 1. The smallest absolute Gasteiger partial charge is 0.255 e. The second kappa shape index (κ2) is 10.7. The molecule has 1 aliphatic heterocycles. The zero-order valence-corrected chi connectivity index (χ0v) is 19.6. The molecule has 3 rings (SSSR count). The highest BCUT2D eigenvalue weighted by atomic mass is 32.1. The van der Waals surface area contributed by atoms with Crippen molar-refractivity contribution < 1.29 is 23.5 Å². The van der Waals surface area contributed by atoms with Crippen LogP contribution in [0.3, 0.4) is 0 Å². The van der Waals surface area contributed by atoms with Crippen LogP contribution in [0.5, 0.6) is 11.6 Å². The fourth-order valence-electron chi connectivity index (χ4n) is 3.90. The number of carbonyl (C=O) groups is 2. The summed E-state index contributed by atoms with van der Waals surface area (Å²) in [5, 5.41) is 3.92. The largest absolute Gasteiger partial charge is 0.496 e. The van der Waals surface area contributed by atoms with E-state index in [4.69, 9.17) is 15.2 Å². The Morgan fingerprint density at radius 1 is 1.39 bits per heavy atom. The molecule has 0 saturated carbocycles. The normalized spacial score (nSPS) is 19.8. The molecular formula is C23H27FN4O4S. The number of alkyl halides is 1. The van der Waals surface area contributed by atoms with Crippen molar-refractivity contribution in [1.29, 1.82) is 0 Å². The molecule has 1 aromatic carbocycles. The molecule has 176 valence electrons. The van der Waals surface area contributed by atoms with E-state index in [1.54, 1.807) is 29.7 Å². The van der Waals surface area contributed by atoms with Gasteiger partial charge in [-0.1, -0.05) is 31.6 Å². The number of carbonyl (C=O) groups excluding carboxylic acids is 2. The Bertz CT molecular complexity index is 1120. The summed E-state index contributed by atoms with van der Waals surface area (Å²) in [4.78, 5) is 28.0. The predicted molar refractivity (Wildman–Crippen MR) is 126 cm³/mol. The molecule has 0 spiro atoms. The standard InChI is InChI=1S/C23H27FN4O4S/c1-4-14-18(27-22(30)20(14)24)7-9-32-23-16-11-19(31-3)17(21(25)29)10-15(16)13(12-26-23)6-5-8-28(2)33/h10-12,14,18,20,33H,4,7-9H2,1-3H3,(H2,25,29)(H,27,30)/t14-,18+,20-/m0/s1. The highest BCUT2D eigenvalue weighted by Crippen LogP contribution is 2.33. The Kier molecular flexibility index (Phi) is 8.00. The van der Waals surface area contributed by atoms with E-state index in [0.717, 1.165) is 0 Å². The summed E-state index contributed by atoms with van der Waals surface area (Å²) in [6, 6.07) is 2.94. The van der Waals surface area contributed by atoms with Gasteiger partial charge in [0.25, 0.3) is 11.8 Å². The van der Waals surface area contributed by atoms with Crippen molar-refractivity contribution in [2.24, 2.45) is 11.7 Å². The van der Waals surface area contributed by atoms with Gasteiger partial charge in [-0.05, 0) is 25.6 Å². The molecule has 0 aliphatic carbocycles. The molecule has 1 fully saturated rings. The van der Waals surface area contributed by atoms with E-state index < -0.39 is 18.0 Å². The number of ether oxygens (including phenoxy) is 2. The molecule has 10 heteroatoms. The quantitative estimate of drug-likeness (QED) is 0.400. The molecule has 0 radical (unpaired) electrons. The van der Waals surface area contributed by atoms with Crippen molar-refractivity contribution in [2.45, 2.75) is 32.0 Å². The second-order valence-electron chi connectivity index (χ2n) is 7.78. The number of primary amides is 1. The molecule has 0 unspecified atom stereocenters. The van der Waals surface area contributed by atoms with Crippen molar-refractivity contribution in [1.82, 2.24) is 14.6 Å². The van der Waals surface area contributed by atoms with Gasteiger partial charge >= 0.3 is 0 Å². The minimum atomic E-state index is -1.50. The number of aromatic nitrogens is 1. The number of hydrogen-bond acceptors (Lipinski definition) is 7. The number of benzene rings is 1. The van der Waals surface area contributed by atoms with Gasteiger partial charge in [-0.25, -0.2) is 13.7 Å². The first-order valence-corrected chi connectivity index (χ1v) is 10.9. The van der Waals surface area contributed by atoms with Crippen LogP contribution in [0.1, 0.15) is 35.7 Å². The lowest BCUT2D eigenvalue weighted by molar-refractivity contribution is -0.123. The number of fused-ring (bicyclic) bond motifs is 1. The van der Waals surface area contributed by atoms with E-state index in [2.05, 4.69) is 35.0 Å². The van der Waals surface area contributed by atoms with E-state index in [9.17, 15) is 14.0 Å². The number of thiol groups is 1. The van der Waals surface area contributed by atoms with E-state index in [-0.39, 0.29) is 29.9 Å². The lowest BCUT2D eigenvalue weighted by Crippen LogP contribution is -2.30. The van der Waals surface area contributed by atoms with Crippen LogP contribution in [-0.4, -0.2) is 60.6 Å². The van der Waals surface area contributed by atoms with Gasteiger partial charge in [0.1, 0.15) is 5.75 Å². The van der Waals surface area contributed by atoms with Crippen molar-refractivity contribution in [3.05, 3.63) is 29.5 Å². The monoisotopic (exact) mass is 474 g/mol. The first-order chi connectivity index (χ1) is 15.8. The summed E-state index contributed by atoms with van der Waals surface area (Å²) in [7, 11) is 3.22. The zero-order valence-electron chi connectivity index (χ0n) is 18.7. The van der Waals surface area contributed by atoms with Gasteiger partial charge in [0.2, 0.25) is 5.88 Å². The highest BCUT2D eigenvalue weighted by molar-refractivity contribution is 7.77. The number of hydrogen-bond donors (Lipinski definition) is 3. The van der Waals surface area contributed by atoms with Gasteiger partial charge in [-0.2, -0.15) is 0 Å². The van der Waals surface area contributed by atoms with Crippen LogP contribution in [0.25, 0.3) is 10.8 Å². The Hall–Kier alpha value is -3.03. The van der Waals surface area contributed by atoms with Crippen LogP contribution in [0, 0.1) is 17.8 Å². The lowest BCUT2D eigenvalue weighted by Gasteiger charge is -2.18. The molecular weight excluding hydrogens is 447 g/mol. The third-order valence-corrected chi connectivity index (χ3v) is 5.72. The van der Waals surface area contributed by atoms with Crippen LogP contribution < -0.4 is 20.5 Å². The molecule has 1 aliphatic rings. The van der Waals surface area contributed by atoms with Crippen molar-refractivity contribution >= 4 is 35.4 Å². The van der Waals surface area contributed by atoms with Gasteiger partial charge in [-0.15, -0.1) is 0 Å². The number of rotatable bonds is 8. The summed E-state index contributed by atoms with van der Waals surface area (Å²) in [6.07, 6.45) is 1.04. The van der Waals surface area contributed by atoms with Gasteiger partial charge < -0.3 is 20.5 Å². The topological polar surface area (TPSA) is 107 Å². The lowest BCUT2D eigenvalue weighted by atomic mass is 9.94. The molecule has 3 atom stereocenters. The molecule has 33 heavy (non-hydrogen) atoms. The van der Waals surface area contributed by atoms with E-state index in [1.807, 2.05) is 6.92 Å². The number of nitrogens with two attached hydrogens (primary N) is 1. The van der Waals surface area contributed by atoms with Gasteiger partial charge in [0.15, 0.2) is 6.17 Å². The molecule has 1 aromatic heterocycles. The number of methoxy groups -OCH3 is 1. The minimum absolute atomic E-state index is 0.213. The number of nitrogens with zero attached hydrogens (tertiary/aromatic N) is 2. The molecule has 8 nitrogen and oxygen atoms in total. The molecule has 3 N–H and O–H groups in total. The van der Waals surface area contributed by atoms with Crippen LogP contribution in [0.15, 0.2) is 18.3 Å². The van der Waals surface area contributed by atoms with Crippen LogP contribution in [-0.2, 0) is 4.79 Å². The number of pyridine rings is 1. The van der Waals surface area contributed by atoms with Crippen LogP contribution in [0.4, 0.5) is 4.39 Å². The first-order valence-electron chi connectivity index (χ1n) is 10.5. The summed E-state index contributed by atoms with van der Waals surface area (Å²) in [5.41, 5.74) is 6.33. The maximum absolute atomic E-state index is 14.0. The number of nitrogens with one attached hydrogen (secondary N) is 1. The maximum Gasteiger partial charge on any atom is 0.255 e. The van der Waals surface area contributed by atoms with Gasteiger partial charge in [-0.3, -0.25) is 9.59 Å². The maximum atomic E-state index is 14.0. The summed E-state index contributed by atoms with van der Waals surface area (Å²) in [5.74, 6) is 5.03. The van der Waals surface area contributed by atoms with E-state index in [1.165, 1.54) is 7.11 Å². The van der Waals surface area contributed by atoms with E-state index >= 15 is 0 Å². The first kappa shape index (κ1) is 24.6. The van der Waals surface area contributed by atoms with Crippen molar-refractivity contribution in [3.8, 4) is 23.5 Å². The third-order valence-electron chi connectivity index (χ3n) is 5.58. The van der Waals surface area contributed by atoms with Crippen LogP contribution >= 0.6 is 12.8 Å². The molecule has 2 amide bonds. The summed E-state index contributed by atoms with van der Waals surface area (Å²) >= 11 is 4.17. The highest BCUT2D eigenvalue weighted by Gasteiger charge is 2.41. The Balaban J connectivity index is 1.92. The fraction of sp³-hybridized carbons (Fsp3) is 0.435. The Morgan fingerprint density at radius 2 is 2.15 bits per heavy atom. The Morgan fingerprint density at radius 3 is 2.79 bits per heavy atom. The average Bonchev–Trinajstić information content (AvgIpc) is 3.06. The molecule has 1 saturated heterocycles. The zero-order chi connectivity index (χ0) is 24.1. The van der Waals surface area contributed by atoms with E-state index in [0.29, 0.717) is 41.6 Å². The summed E-state index contributed by atoms with van der Waals surface area (Å²) < 4.78 is 26.9. The Labute approximate surface area is 197 Å². The number of amides is 2. The predicted octanol–water partition coefficient (Wildman–Crippen LogP) is 2.10. The van der Waals surface area contributed by atoms with Gasteiger partial charge in [0, 0.05) is 35.3 Å².